The van der Waals surface area contributed by atoms with Crippen LogP contribution in [0.25, 0.3) is 0 Å². The molecule has 0 aliphatic heterocycles. The zero-order valence-electron chi connectivity index (χ0n) is 35.6. The van der Waals surface area contributed by atoms with Crippen LogP contribution in [0.15, 0.2) is 24.3 Å². The van der Waals surface area contributed by atoms with Crippen molar-refractivity contribution in [1.29, 1.82) is 0 Å². The molecule has 1 amide bonds. The van der Waals surface area contributed by atoms with E-state index in [0.29, 0.717) is 23.2 Å². The van der Waals surface area contributed by atoms with Crippen LogP contribution < -0.4 is 5.32 Å². The lowest BCUT2D eigenvalue weighted by molar-refractivity contribution is -0.870. The van der Waals surface area contributed by atoms with E-state index in [1.54, 1.807) is 11.8 Å². The molecule has 314 valence electrons. The number of hydrogen-bond donors (Lipinski definition) is 2. The van der Waals surface area contributed by atoms with Gasteiger partial charge in [0, 0.05) is 12.2 Å². The van der Waals surface area contributed by atoms with Crippen molar-refractivity contribution in [3.05, 3.63) is 24.3 Å². The Labute approximate surface area is 333 Å². The summed E-state index contributed by atoms with van der Waals surface area (Å²) in [6.07, 6.45) is 44.0. The molecule has 0 saturated heterocycles. The van der Waals surface area contributed by atoms with Crippen molar-refractivity contribution in [2.75, 3.05) is 52.4 Å². The fourth-order valence-corrected chi connectivity index (χ4v) is 7.95. The van der Waals surface area contributed by atoms with E-state index in [4.69, 9.17) is 9.05 Å². The van der Waals surface area contributed by atoms with Gasteiger partial charge in [-0.3, -0.25) is 13.8 Å². The number of nitrogens with one attached hydrogen (secondary N) is 1. The summed E-state index contributed by atoms with van der Waals surface area (Å²) in [5.41, 5.74) is 0. The molecule has 0 fully saturated rings. The van der Waals surface area contributed by atoms with Gasteiger partial charge in [-0.15, -0.1) is 0 Å². The molecule has 53 heavy (non-hydrogen) atoms. The molecule has 0 bridgehead atoms. The number of carbonyl (C=O) groups is 1. The molecule has 0 saturated carbocycles. The number of hydrogen-bond acceptors (Lipinski definition) is 5. The summed E-state index contributed by atoms with van der Waals surface area (Å²) in [5, 5.41) is 3.09. The number of quaternary nitrogens is 1. The minimum Gasteiger partial charge on any atom is -0.350 e. The summed E-state index contributed by atoms with van der Waals surface area (Å²) in [6.45, 7) is 5.23. The first-order valence-electron chi connectivity index (χ1n) is 22.2. The molecule has 0 radical (unpaired) electrons. The maximum atomic E-state index is 12.8. The second kappa shape index (κ2) is 38.3. The van der Waals surface area contributed by atoms with E-state index in [2.05, 4.69) is 43.5 Å². The number of likely N-dealkylation sites (N-methyl/N-ethyl adjacent to an activating group) is 1. The average Bonchev–Trinajstić information content (AvgIpc) is 3.11. The average molecular weight is 788 g/mol. The van der Waals surface area contributed by atoms with Gasteiger partial charge in [0.1, 0.15) is 13.2 Å². The molecule has 0 rings (SSSR count). The fourth-order valence-electron chi connectivity index (χ4n) is 6.16. The van der Waals surface area contributed by atoms with Crippen LogP contribution in [0.1, 0.15) is 194 Å². The number of unbranched alkanes of at least 4 members (excludes halogenated alkanes) is 23. The van der Waals surface area contributed by atoms with Crippen LogP contribution in [0.4, 0.5) is 0 Å². The molecular weight excluding hydrogens is 700 g/mol. The van der Waals surface area contributed by atoms with Gasteiger partial charge < -0.3 is 14.7 Å². The number of thioether (sulfide) groups is 1. The van der Waals surface area contributed by atoms with Crippen LogP contribution in [-0.4, -0.2) is 73.7 Å². The number of allylic oxidation sites excluding steroid dienone is 4. The van der Waals surface area contributed by atoms with Gasteiger partial charge in [0.05, 0.1) is 33.8 Å². The first kappa shape index (κ1) is 52.4. The topological polar surface area (TPSA) is 84.9 Å². The van der Waals surface area contributed by atoms with Gasteiger partial charge >= 0.3 is 7.82 Å². The molecule has 0 aromatic rings. The molecule has 0 aromatic carbocycles. The lowest BCUT2D eigenvalue weighted by Gasteiger charge is -2.24. The fraction of sp³-hybridized carbons (Fsp3) is 0.886. The maximum absolute atomic E-state index is 12.8. The van der Waals surface area contributed by atoms with Crippen LogP contribution >= 0.6 is 19.6 Å². The predicted octanol–water partition coefficient (Wildman–Crippen LogP) is 13.1. The Balaban J connectivity index is 4.23. The first-order valence-corrected chi connectivity index (χ1v) is 24.8. The minimum atomic E-state index is -4.18. The second-order valence-corrected chi connectivity index (χ2v) is 18.8. The van der Waals surface area contributed by atoms with Crippen LogP contribution in [0.5, 0.6) is 0 Å². The number of phosphoric acid groups is 1. The predicted molar refractivity (Wildman–Crippen MR) is 233 cm³/mol. The molecule has 0 spiro atoms. The summed E-state index contributed by atoms with van der Waals surface area (Å²) in [7, 11) is 1.83. The normalized spacial score (nSPS) is 14.0. The molecule has 0 aliphatic rings. The third kappa shape index (κ3) is 42.4. The molecule has 2 N–H and O–H groups in total. The van der Waals surface area contributed by atoms with Crippen molar-refractivity contribution in [3.63, 3.8) is 0 Å². The molecule has 0 aromatic heterocycles. The van der Waals surface area contributed by atoms with Crippen LogP contribution in [0, 0.1) is 0 Å². The van der Waals surface area contributed by atoms with Gasteiger partial charge in [0.25, 0.3) is 0 Å². The maximum Gasteiger partial charge on any atom is 0.472 e. The van der Waals surface area contributed by atoms with Gasteiger partial charge in [0.15, 0.2) is 0 Å². The van der Waals surface area contributed by atoms with Crippen molar-refractivity contribution in [1.82, 2.24) is 5.32 Å². The van der Waals surface area contributed by atoms with Gasteiger partial charge in [-0.2, -0.15) is 11.8 Å². The van der Waals surface area contributed by atoms with Gasteiger partial charge in [-0.25, -0.2) is 4.57 Å². The Morgan fingerprint density at radius 3 is 1.64 bits per heavy atom. The van der Waals surface area contributed by atoms with Crippen molar-refractivity contribution < 1.29 is 27.8 Å². The van der Waals surface area contributed by atoms with E-state index in [0.717, 1.165) is 37.9 Å². The largest absolute Gasteiger partial charge is 0.472 e. The van der Waals surface area contributed by atoms with Crippen molar-refractivity contribution in [2.24, 2.45) is 0 Å². The molecule has 9 heteroatoms. The van der Waals surface area contributed by atoms with Crippen LogP contribution in [0.3, 0.4) is 0 Å². The van der Waals surface area contributed by atoms with E-state index in [1.165, 1.54) is 141 Å². The highest BCUT2D eigenvalue weighted by molar-refractivity contribution is 7.99. The van der Waals surface area contributed by atoms with E-state index in [-0.39, 0.29) is 25.2 Å². The number of amides is 1. The van der Waals surface area contributed by atoms with E-state index in [1.807, 2.05) is 21.1 Å². The summed E-state index contributed by atoms with van der Waals surface area (Å²) in [5.74, 6) is 1.68. The summed E-state index contributed by atoms with van der Waals surface area (Å²) >= 11 is 1.79. The summed E-state index contributed by atoms with van der Waals surface area (Å²) < 4.78 is 23.7. The Bertz CT molecular complexity index is 911. The Hall–Kier alpha value is -0.630. The Morgan fingerprint density at radius 1 is 0.660 bits per heavy atom. The van der Waals surface area contributed by atoms with E-state index in [9.17, 15) is 14.3 Å². The second-order valence-electron chi connectivity index (χ2n) is 16.2. The van der Waals surface area contributed by atoms with Gasteiger partial charge in [-0.1, -0.05) is 167 Å². The number of carbonyl (C=O) groups excluding carboxylic acids is 1. The van der Waals surface area contributed by atoms with Crippen molar-refractivity contribution in [3.8, 4) is 0 Å². The highest BCUT2D eigenvalue weighted by atomic mass is 32.2. The Morgan fingerprint density at radius 2 is 1.11 bits per heavy atom. The summed E-state index contributed by atoms with van der Waals surface area (Å²) in [6, 6.07) is -0.322. The Kier molecular flexibility index (Phi) is 37.8. The lowest BCUT2D eigenvalue weighted by Crippen LogP contribution is -2.40. The molecular formula is C44H88N2O5PS+. The highest BCUT2D eigenvalue weighted by Crippen LogP contribution is 2.43. The number of phosphoric ester groups is 1. The zero-order valence-corrected chi connectivity index (χ0v) is 37.3. The molecule has 2 atom stereocenters. The molecule has 1 unspecified atom stereocenters. The first-order chi connectivity index (χ1) is 25.6. The third-order valence-corrected chi connectivity index (χ3v) is 11.8. The van der Waals surface area contributed by atoms with Crippen LogP contribution in [0.2, 0.25) is 0 Å². The lowest BCUT2D eigenvalue weighted by atomic mass is 10.0. The van der Waals surface area contributed by atoms with E-state index < -0.39 is 7.82 Å². The van der Waals surface area contributed by atoms with Crippen molar-refractivity contribution in [2.45, 2.75) is 200 Å². The molecule has 7 nitrogen and oxygen atoms in total. The SMILES string of the molecule is CCCCC/C=C\C/C=C\CCCCCCCCCC(=O)N[C@@H](COP(=O)(O)OCC[N+](C)(C)C)CSCCCCCCCCCCCCCCCC. The third-order valence-electron chi connectivity index (χ3n) is 9.64. The van der Waals surface area contributed by atoms with Crippen molar-refractivity contribution >= 4 is 25.5 Å². The molecule has 0 heterocycles. The minimum absolute atomic E-state index is 0.00277. The number of nitrogens with zero attached hydrogens (tertiary/aromatic N) is 1. The smallest absolute Gasteiger partial charge is 0.350 e. The zero-order chi connectivity index (χ0) is 39.1. The van der Waals surface area contributed by atoms with Crippen LogP contribution in [-0.2, 0) is 18.4 Å². The quantitative estimate of drug-likeness (QED) is 0.0278. The monoisotopic (exact) mass is 788 g/mol. The van der Waals surface area contributed by atoms with Gasteiger partial charge in [-0.05, 0) is 50.7 Å². The summed E-state index contributed by atoms with van der Waals surface area (Å²) in [4.78, 5) is 23.1. The highest BCUT2D eigenvalue weighted by Gasteiger charge is 2.25. The molecule has 0 aliphatic carbocycles. The van der Waals surface area contributed by atoms with E-state index >= 15 is 0 Å². The number of rotatable bonds is 41. The standard InChI is InChI=1S/C44H87N2O5PS/c1-6-8-10-12-14-16-18-20-22-23-24-25-27-29-31-33-35-37-44(47)45-43(41-51-52(48,49)50-39-38-46(3,4)5)42-53-40-36-34-32-30-28-26-21-19-17-15-13-11-9-7-2/h14,16,20,22,43H,6-13,15,17-19,21,23-42H2,1-5H3,(H-,45,47,48,49)/p+1/b16-14-,22-20-/t43-/m0/s1. The van der Waals surface area contributed by atoms with Gasteiger partial charge in [0.2, 0.25) is 5.91 Å².